The van der Waals surface area contributed by atoms with Crippen LogP contribution >= 0.6 is 11.6 Å². The fourth-order valence-corrected chi connectivity index (χ4v) is 1.38. The third-order valence-corrected chi connectivity index (χ3v) is 2.13. The van der Waals surface area contributed by atoms with Crippen molar-refractivity contribution in [3.05, 3.63) is 34.6 Å². The molecule has 2 nitrogen and oxygen atoms in total. The second kappa shape index (κ2) is 5.83. The number of ketones is 1. The summed E-state index contributed by atoms with van der Waals surface area (Å²) in [5, 5.41) is 0.125. The van der Waals surface area contributed by atoms with E-state index in [2.05, 4.69) is 0 Å². The Labute approximate surface area is 93.0 Å². The molecule has 1 aromatic rings. The zero-order valence-corrected chi connectivity index (χ0v) is 9.18. The quantitative estimate of drug-likeness (QED) is 0.574. The third kappa shape index (κ3) is 3.61. The van der Waals surface area contributed by atoms with Crippen LogP contribution in [0.5, 0.6) is 0 Å². The van der Waals surface area contributed by atoms with Crippen LogP contribution in [0.4, 0.5) is 4.39 Å². The van der Waals surface area contributed by atoms with Gasteiger partial charge in [-0.2, -0.15) is 0 Å². The Bertz CT molecular complexity index is 352. The average molecular weight is 231 g/mol. The van der Waals surface area contributed by atoms with E-state index in [0.717, 1.165) is 12.5 Å². The van der Waals surface area contributed by atoms with Gasteiger partial charge in [0.25, 0.3) is 0 Å². The van der Waals surface area contributed by atoms with Gasteiger partial charge in [0.1, 0.15) is 12.4 Å². The molecule has 0 aromatic heterocycles. The van der Waals surface area contributed by atoms with Gasteiger partial charge in [0.15, 0.2) is 5.78 Å². The molecule has 4 heteroatoms. The van der Waals surface area contributed by atoms with Gasteiger partial charge in [0.2, 0.25) is 0 Å². The number of rotatable bonds is 5. The minimum absolute atomic E-state index is 0.0147. The Hall–Kier alpha value is -0.930. The molecule has 82 valence electrons. The highest BCUT2D eigenvalue weighted by Crippen LogP contribution is 2.17. The molecule has 0 heterocycles. The van der Waals surface area contributed by atoms with Gasteiger partial charge in [-0.15, -0.1) is 0 Å². The lowest BCUT2D eigenvalue weighted by Gasteiger charge is -2.04. The molecule has 0 N–H and O–H groups in total. The molecule has 1 rings (SSSR count). The molecule has 0 aliphatic rings. The molecule has 0 aliphatic carbocycles. The van der Waals surface area contributed by atoms with Crippen molar-refractivity contribution in [1.82, 2.24) is 0 Å². The van der Waals surface area contributed by atoms with Gasteiger partial charge < -0.3 is 4.74 Å². The van der Waals surface area contributed by atoms with Crippen molar-refractivity contribution in [3.8, 4) is 0 Å². The van der Waals surface area contributed by atoms with Crippen molar-refractivity contribution in [3.63, 3.8) is 0 Å². The number of halogens is 2. The normalized spacial score (nSPS) is 10.3. The second-order valence-corrected chi connectivity index (χ2v) is 3.51. The first-order valence-corrected chi connectivity index (χ1v) is 5.09. The predicted octanol–water partition coefficient (Wildman–Crippen LogP) is 3.09. The van der Waals surface area contributed by atoms with Crippen LogP contribution in [0.3, 0.4) is 0 Å². The molecule has 0 atom stereocenters. The molecule has 0 fully saturated rings. The second-order valence-electron chi connectivity index (χ2n) is 3.10. The van der Waals surface area contributed by atoms with E-state index in [4.69, 9.17) is 16.3 Å². The van der Waals surface area contributed by atoms with E-state index in [0.29, 0.717) is 12.2 Å². The molecular formula is C11H12ClFO2. The van der Waals surface area contributed by atoms with E-state index < -0.39 is 5.82 Å². The zero-order valence-electron chi connectivity index (χ0n) is 8.43. The summed E-state index contributed by atoms with van der Waals surface area (Å²) < 4.78 is 17.8. The number of carbonyl (C=O) groups is 1. The summed E-state index contributed by atoms with van der Waals surface area (Å²) in [5.41, 5.74) is 0.300. The van der Waals surface area contributed by atoms with Gasteiger partial charge in [-0.25, -0.2) is 4.39 Å². The highest BCUT2D eigenvalue weighted by molar-refractivity contribution is 6.34. The van der Waals surface area contributed by atoms with Crippen LogP contribution in [0.1, 0.15) is 23.7 Å². The number of ether oxygens (including phenoxy) is 1. The minimum Gasteiger partial charge on any atom is -0.373 e. The van der Waals surface area contributed by atoms with Crippen LogP contribution in [0.25, 0.3) is 0 Å². The molecule has 0 bridgehead atoms. The summed E-state index contributed by atoms with van der Waals surface area (Å²) >= 11 is 5.72. The minimum atomic E-state index is -0.453. The van der Waals surface area contributed by atoms with Crippen molar-refractivity contribution in [2.45, 2.75) is 13.3 Å². The summed E-state index contributed by atoms with van der Waals surface area (Å²) in [7, 11) is 0. The summed E-state index contributed by atoms with van der Waals surface area (Å²) in [5.74, 6) is -0.681. The van der Waals surface area contributed by atoms with Gasteiger partial charge in [0, 0.05) is 12.2 Å². The van der Waals surface area contributed by atoms with Crippen LogP contribution < -0.4 is 0 Å². The third-order valence-electron chi connectivity index (χ3n) is 1.81. The Balaban J connectivity index is 2.65. The molecule has 15 heavy (non-hydrogen) atoms. The first-order chi connectivity index (χ1) is 7.15. The van der Waals surface area contributed by atoms with Crippen molar-refractivity contribution >= 4 is 17.4 Å². The molecule has 0 amide bonds. The van der Waals surface area contributed by atoms with Gasteiger partial charge in [-0.3, -0.25) is 4.79 Å². The van der Waals surface area contributed by atoms with Crippen LogP contribution in [0, 0.1) is 5.82 Å². The maximum absolute atomic E-state index is 12.7. The van der Waals surface area contributed by atoms with Gasteiger partial charge in [0.05, 0.1) is 5.02 Å². The average Bonchev–Trinajstić information content (AvgIpc) is 2.17. The van der Waals surface area contributed by atoms with E-state index in [-0.39, 0.29) is 17.4 Å². The summed E-state index contributed by atoms with van der Waals surface area (Å²) in [6.07, 6.45) is 0.852. The summed E-state index contributed by atoms with van der Waals surface area (Å²) in [6, 6.07) is 3.70. The molecule has 0 spiro atoms. The van der Waals surface area contributed by atoms with E-state index in [1.165, 1.54) is 12.1 Å². The Morgan fingerprint density at radius 3 is 2.87 bits per heavy atom. The van der Waals surface area contributed by atoms with Crippen LogP contribution in [0.15, 0.2) is 18.2 Å². The number of Topliss-reactive ketones (excluding diaryl/α,β-unsaturated/α-hetero) is 1. The van der Waals surface area contributed by atoms with E-state index in [9.17, 15) is 9.18 Å². The Morgan fingerprint density at radius 1 is 1.53 bits per heavy atom. The number of hydrogen-bond donors (Lipinski definition) is 0. The highest BCUT2D eigenvalue weighted by atomic mass is 35.5. The monoisotopic (exact) mass is 230 g/mol. The lowest BCUT2D eigenvalue weighted by molar-refractivity contribution is 0.0761. The highest BCUT2D eigenvalue weighted by Gasteiger charge is 2.10. The number of carbonyl (C=O) groups excluding carboxylic acids is 1. The number of hydrogen-bond acceptors (Lipinski definition) is 2. The molecule has 0 unspecified atom stereocenters. The van der Waals surface area contributed by atoms with E-state index in [1.54, 1.807) is 0 Å². The summed E-state index contributed by atoms with van der Waals surface area (Å²) in [6.45, 7) is 2.47. The lowest BCUT2D eigenvalue weighted by Crippen LogP contribution is -2.10. The largest absolute Gasteiger partial charge is 0.373 e. The fourth-order valence-electron chi connectivity index (χ4n) is 1.10. The maximum Gasteiger partial charge on any atom is 0.189 e. The van der Waals surface area contributed by atoms with Crippen molar-refractivity contribution in [1.29, 1.82) is 0 Å². The zero-order chi connectivity index (χ0) is 11.3. The molecule has 0 aliphatic heterocycles. The predicted molar refractivity (Wildman–Crippen MR) is 56.9 cm³/mol. The Morgan fingerprint density at radius 2 is 2.27 bits per heavy atom. The van der Waals surface area contributed by atoms with Gasteiger partial charge >= 0.3 is 0 Å². The van der Waals surface area contributed by atoms with Gasteiger partial charge in [-0.05, 0) is 24.6 Å². The number of benzene rings is 1. The van der Waals surface area contributed by atoms with Crippen molar-refractivity contribution in [2.75, 3.05) is 13.2 Å². The molecule has 0 saturated heterocycles. The topological polar surface area (TPSA) is 26.3 Å². The summed E-state index contributed by atoms with van der Waals surface area (Å²) in [4.78, 5) is 11.5. The first kappa shape index (κ1) is 12.1. The molecule has 0 radical (unpaired) electrons. The Kier molecular flexibility index (Phi) is 4.72. The SMILES string of the molecule is CCCOCC(=O)c1ccc(F)cc1Cl. The van der Waals surface area contributed by atoms with Gasteiger partial charge in [-0.1, -0.05) is 18.5 Å². The van der Waals surface area contributed by atoms with Crippen molar-refractivity contribution < 1.29 is 13.9 Å². The standard InChI is InChI=1S/C11H12ClFO2/c1-2-5-15-7-11(14)9-4-3-8(13)6-10(9)12/h3-4,6H,2,5,7H2,1H3. The van der Waals surface area contributed by atoms with Crippen LogP contribution in [-0.2, 0) is 4.74 Å². The molecular weight excluding hydrogens is 219 g/mol. The first-order valence-electron chi connectivity index (χ1n) is 4.71. The van der Waals surface area contributed by atoms with E-state index in [1.807, 2.05) is 6.92 Å². The maximum atomic E-state index is 12.7. The molecule has 0 saturated carbocycles. The van der Waals surface area contributed by atoms with Crippen LogP contribution in [0.2, 0.25) is 5.02 Å². The fraction of sp³-hybridized carbons (Fsp3) is 0.364. The smallest absolute Gasteiger partial charge is 0.189 e. The van der Waals surface area contributed by atoms with Crippen molar-refractivity contribution in [2.24, 2.45) is 0 Å². The van der Waals surface area contributed by atoms with Crippen LogP contribution in [-0.4, -0.2) is 19.0 Å². The molecule has 1 aromatic carbocycles. The lowest BCUT2D eigenvalue weighted by atomic mass is 10.1. The van der Waals surface area contributed by atoms with E-state index >= 15 is 0 Å².